The molecule has 0 radical (unpaired) electrons. The first-order chi connectivity index (χ1) is 41.3. The summed E-state index contributed by atoms with van der Waals surface area (Å²) in [4.78, 5) is 91.7. The summed E-state index contributed by atoms with van der Waals surface area (Å²) in [5.74, 6) is -0.847. The Morgan fingerprint density at radius 1 is 0.837 bits per heavy atom. The van der Waals surface area contributed by atoms with E-state index in [4.69, 9.17) is 24.5 Å². The van der Waals surface area contributed by atoms with Crippen LogP contribution in [0.15, 0.2) is 96.6 Å². The number of hydrogen-bond donors (Lipinski definition) is 5. The van der Waals surface area contributed by atoms with Crippen molar-refractivity contribution in [3.05, 3.63) is 113 Å². The number of hydrogen-bond acceptors (Lipinski definition) is 15. The standard InChI is InChI=1S/C63H76FN13O8S/c1-39-7-6-8-43(33-39)49-21-28-77(72-49)53-36-52(74-29-31-84-32-30-74)69-61(70-53)85-48-19-26-73(27-20-48)46-15-13-44(14-16-46)66-60(83)67-45-17-24-75(25-18-45)54(79)35-50(41-9-11-42(12-10-41)55-40(2)65-38-86-55)68-57(80)51-34-47(78)37-76(51)58(81)56(62(3,4)5)71-59(82)63(64)22-23-63/h6-16,21,28,33,36,38,45,47-48,50-51,56,78H,17-20,22-27,29-32,34-35,37H2,1-5H3,(H,68,80)(H,71,82)(H2,66,67,83)/t47-,50+,51+,56-/m1/s1. The third kappa shape index (κ3) is 14.1. The van der Waals surface area contributed by atoms with Gasteiger partial charge in [-0.25, -0.2) is 18.9 Å². The molecule has 23 heteroatoms. The molecule has 1 saturated carbocycles. The first-order valence-corrected chi connectivity index (χ1v) is 30.7. The average Bonchev–Trinajstić information content (AvgIpc) is 1.92. The Labute approximate surface area is 504 Å². The number of aliphatic hydroxyl groups excluding tert-OH is 1. The van der Waals surface area contributed by atoms with Gasteiger partial charge in [-0.1, -0.05) is 68.8 Å². The van der Waals surface area contributed by atoms with Gasteiger partial charge in [-0.15, -0.1) is 11.3 Å². The maximum atomic E-state index is 14.8. The summed E-state index contributed by atoms with van der Waals surface area (Å²) < 4.78 is 28.8. The van der Waals surface area contributed by atoms with Gasteiger partial charge >= 0.3 is 12.0 Å². The number of morpholine rings is 1. The molecule has 3 aromatic carbocycles. The molecule has 86 heavy (non-hydrogen) atoms. The molecule has 5 fully saturated rings. The van der Waals surface area contributed by atoms with Crippen molar-refractivity contribution >= 4 is 58.2 Å². The zero-order valence-corrected chi connectivity index (χ0v) is 50.2. The van der Waals surface area contributed by atoms with Crippen molar-refractivity contribution in [3.63, 3.8) is 0 Å². The number of ether oxygens (including phenoxy) is 2. The predicted molar refractivity (Wildman–Crippen MR) is 325 cm³/mol. The van der Waals surface area contributed by atoms with Crippen molar-refractivity contribution in [1.82, 2.24) is 50.5 Å². The number of rotatable bonds is 17. The third-order valence-electron chi connectivity index (χ3n) is 16.9. The summed E-state index contributed by atoms with van der Waals surface area (Å²) >= 11 is 1.51. The van der Waals surface area contributed by atoms with Gasteiger partial charge in [0.15, 0.2) is 11.5 Å². The van der Waals surface area contributed by atoms with Gasteiger partial charge in [0, 0.05) is 100 Å². The van der Waals surface area contributed by atoms with Crippen LogP contribution in [0.25, 0.3) is 27.5 Å². The Morgan fingerprint density at radius 3 is 2.23 bits per heavy atom. The third-order valence-corrected chi connectivity index (χ3v) is 17.9. The second kappa shape index (κ2) is 25.5. The van der Waals surface area contributed by atoms with Gasteiger partial charge in [0.25, 0.3) is 5.91 Å². The predicted octanol–water partition coefficient (Wildman–Crippen LogP) is 7.31. The number of halogens is 1. The molecular formula is C63H76FN13O8S. The topological polar surface area (TPSA) is 242 Å². The number of carbonyl (C=O) groups is 5. The number of likely N-dealkylation sites (tertiary alicyclic amines) is 2. The van der Waals surface area contributed by atoms with Crippen molar-refractivity contribution in [2.24, 2.45) is 5.41 Å². The highest BCUT2D eigenvalue weighted by Gasteiger charge is 2.53. The van der Waals surface area contributed by atoms with E-state index >= 15 is 0 Å². The molecule has 0 bridgehead atoms. The quantitative estimate of drug-likeness (QED) is 0.0602. The molecule has 5 aliphatic rings. The molecule has 6 aromatic rings. The van der Waals surface area contributed by atoms with E-state index in [9.17, 15) is 33.5 Å². The molecule has 1 aliphatic carbocycles. The Hall–Kier alpha value is -8.02. The van der Waals surface area contributed by atoms with Gasteiger partial charge in [-0.05, 0) is 92.5 Å². The number of piperidine rings is 2. The number of thiazole rings is 1. The molecule has 6 amide bonds. The van der Waals surface area contributed by atoms with E-state index in [2.05, 4.69) is 55.1 Å². The highest BCUT2D eigenvalue weighted by atomic mass is 32.1. The number of carbonyl (C=O) groups excluding carboxylic acids is 5. The number of aryl methyl sites for hydroxylation is 2. The van der Waals surface area contributed by atoms with Crippen molar-refractivity contribution < 1.29 is 42.9 Å². The van der Waals surface area contributed by atoms with Crippen LogP contribution in [-0.2, 0) is 23.9 Å². The first kappa shape index (κ1) is 59.7. The Bertz CT molecular complexity index is 3400. The lowest BCUT2D eigenvalue weighted by Crippen LogP contribution is -2.59. The number of amides is 6. The minimum absolute atomic E-state index is 0.0634. The summed E-state index contributed by atoms with van der Waals surface area (Å²) in [5, 5.41) is 27.5. The summed E-state index contributed by atoms with van der Waals surface area (Å²) in [6, 6.07) is 24.2. The monoisotopic (exact) mass is 1190 g/mol. The first-order valence-electron chi connectivity index (χ1n) is 29.8. The van der Waals surface area contributed by atoms with E-state index < -0.39 is 53.0 Å². The Balaban J connectivity index is 0.670. The second-order valence-electron chi connectivity index (χ2n) is 24.4. The van der Waals surface area contributed by atoms with Crippen LogP contribution in [0.5, 0.6) is 6.01 Å². The fourth-order valence-corrected chi connectivity index (χ4v) is 12.5. The maximum Gasteiger partial charge on any atom is 0.320 e. The van der Waals surface area contributed by atoms with Gasteiger partial charge < -0.3 is 55.4 Å². The Kier molecular flexibility index (Phi) is 17.7. The highest BCUT2D eigenvalue weighted by molar-refractivity contribution is 7.13. The number of urea groups is 1. The zero-order valence-electron chi connectivity index (χ0n) is 49.3. The molecule has 7 heterocycles. The summed E-state index contributed by atoms with van der Waals surface area (Å²) in [6.45, 7) is 14.0. The van der Waals surface area contributed by atoms with Crippen LogP contribution < -0.4 is 35.8 Å². The molecule has 0 spiro atoms. The molecule has 3 aromatic heterocycles. The smallest absolute Gasteiger partial charge is 0.320 e. The molecule has 454 valence electrons. The molecule has 5 N–H and O–H groups in total. The van der Waals surface area contributed by atoms with E-state index in [1.807, 2.05) is 85.9 Å². The van der Waals surface area contributed by atoms with E-state index in [1.165, 1.54) is 16.2 Å². The van der Waals surface area contributed by atoms with Gasteiger partial charge in [0.2, 0.25) is 17.7 Å². The van der Waals surface area contributed by atoms with Crippen molar-refractivity contribution in [3.8, 4) is 33.5 Å². The van der Waals surface area contributed by atoms with Crippen molar-refractivity contribution in [2.45, 2.75) is 128 Å². The number of benzene rings is 3. The van der Waals surface area contributed by atoms with E-state index in [0.29, 0.717) is 75.3 Å². The fraction of sp³-hybridized carbons (Fsp3) is 0.476. The van der Waals surface area contributed by atoms with Gasteiger partial charge in [-0.2, -0.15) is 15.1 Å². The lowest BCUT2D eigenvalue weighted by molar-refractivity contribution is -0.145. The van der Waals surface area contributed by atoms with Gasteiger partial charge in [0.1, 0.15) is 24.0 Å². The molecule has 0 unspecified atom stereocenters. The van der Waals surface area contributed by atoms with Gasteiger partial charge in [-0.3, -0.25) is 19.2 Å². The molecule has 4 aliphatic heterocycles. The van der Waals surface area contributed by atoms with Crippen LogP contribution in [0.3, 0.4) is 0 Å². The largest absolute Gasteiger partial charge is 0.460 e. The maximum absolute atomic E-state index is 14.8. The molecule has 4 saturated heterocycles. The van der Waals surface area contributed by atoms with Gasteiger partial charge in [0.05, 0.1) is 53.6 Å². The molecule has 11 rings (SSSR count). The number of β-amino-alcohol motifs (C(OH)–C–C–N with tert-alkyl or cyclic N) is 1. The van der Waals surface area contributed by atoms with E-state index in [-0.39, 0.29) is 56.3 Å². The van der Waals surface area contributed by atoms with Crippen LogP contribution >= 0.6 is 11.3 Å². The molecule has 21 nitrogen and oxygen atoms in total. The second-order valence-corrected chi connectivity index (χ2v) is 25.2. The fourth-order valence-electron chi connectivity index (χ4n) is 11.7. The number of nitrogens with zero attached hydrogens (tertiary/aromatic N) is 9. The highest BCUT2D eigenvalue weighted by Crippen LogP contribution is 2.41. The zero-order chi connectivity index (χ0) is 60.3. The number of alkyl halides is 1. The summed E-state index contributed by atoms with van der Waals surface area (Å²) in [5.41, 5.74) is 6.08. The van der Waals surface area contributed by atoms with Crippen molar-refractivity contribution in [2.75, 3.05) is 74.1 Å². The number of anilines is 3. The van der Waals surface area contributed by atoms with Crippen LogP contribution in [0.2, 0.25) is 0 Å². The summed E-state index contributed by atoms with van der Waals surface area (Å²) in [7, 11) is 0. The summed E-state index contributed by atoms with van der Waals surface area (Å²) in [6.07, 6.45) is 3.31. The SMILES string of the molecule is Cc1cccc(-c2ccn(-c3cc(N4CCOCC4)nc(OC4CCN(c5ccc(NC(=O)NC6CCN(C(=O)C[C@H](NC(=O)[C@@H]7C[C@@H](O)CN7C(=O)[C@@H](NC(=O)C7(F)CC7)C(C)(C)C)c7ccc(-c8scnc8C)cc7)CC6)cc5)CC4)n3)n2)c1. The normalized spacial score (nSPS) is 19.8. The number of aliphatic hydroxyl groups is 1. The van der Waals surface area contributed by atoms with Crippen LogP contribution in [0.4, 0.5) is 26.4 Å². The van der Waals surface area contributed by atoms with E-state index in [1.54, 1.807) is 35.9 Å². The molecular weight excluding hydrogens is 1120 g/mol. The Morgan fingerprint density at radius 2 is 1.56 bits per heavy atom. The number of nitrogens with one attached hydrogen (secondary N) is 4. The van der Waals surface area contributed by atoms with E-state index in [0.717, 1.165) is 70.4 Å². The minimum Gasteiger partial charge on any atom is -0.460 e. The van der Waals surface area contributed by atoms with Crippen LogP contribution in [-0.4, -0.2) is 164 Å². The molecule has 4 atom stereocenters. The lowest BCUT2D eigenvalue weighted by Gasteiger charge is -2.36. The number of aromatic nitrogens is 5. The average molecular weight is 1190 g/mol. The van der Waals surface area contributed by atoms with Crippen LogP contribution in [0, 0.1) is 19.3 Å². The van der Waals surface area contributed by atoms with Crippen molar-refractivity contribution in [1.29, 1.82) is 0 Å². The lowest BCUT2D eigenvalue weighted by atomic mass is 9.85. The minimum atomic E-state index is -2.02. The van der Waals surface area contributed by atoms with Crippen LogP contribution in [0.1, 0.15) is 95.0 Å².